The maximum Gasteiger partial charge on any atom is 0.279 e. The molecule has 0 amide bonds. The number of aromatic nitrogens is 6. The fourth-order valence-electron chi connectivity index (χ4n) is 4.14. The van der Waals surface area contributed by atoms with Crippen LogP contribution in [0, 0.1) is 12.7 Å². The van der Waals surface area contributed by atoms with Crippen molar-refractivity contribution in [3.8, 4) is 11.3 Å². The predicted molar refractivity (Wildman–Crippen MR) is 133 cm³/mol. The number of fused-ring (bicyclic) bond motifs is 1. The average molecular weight is 514 g/mol. The van der Waals surface area contributed by atoms with Gasteiger partial charge in [-0.25, -0.2) is 19.3 Å². The summed E-state index contributed by atoms with van der Waals surface area (Å²) in [5.41, 5.74) is 1.37. The molecule has 1 unspecified atom stereocenters. The van der Waals surface area contributed by atoms with Crippen LogP contribution in [-0.4, -0.2) is 62.7 Å². The van der Waals surface area contributed by atoms with Gasteiger partial charge >= 0.3 is 0 Å². The minimum absolute atomic E-state index is 0.118. The number of nitrogens with zero attached hydrogens (tertiary/aromatic N) is 7. The first-order chi connectivity index (χ1) is 17.4. The Labute approximate surface area is 211 Å². The number of ether oxygens (including phenoxy) is 2. The smallest absolute Gasteiger partial charge is 0.279 e. The highest BCUT2D eigenvalue weighted by Gasteiger charge is 2.27. The molecular weight excluding hydrogens is 489 g/mol. The lowest BCUT2D eigenvalue weighted by Crippen LogP contribution is -2.39. The molecule has 5 rings (SSSR count). The zero-order valence-electron chi connectivity index (χ0n) is 20.1. The molecule has 4 heterocycles. The molecule has 10 nitrogen and oxygen atoms in total. The van der Waals surface area contributed by atoms with Crippen LogP contribution >= 0.6 is 11.6 Å². The Balaban J connectivity index is 1.57. The van der Waals surface area contributed by atoms with Gasteiger partial charge in [0.05, 0.1) is 32.5 Å². The van der Waals surface area contributed by atoms with E-state index in [-0.39, 0.29) is 39.0 Å². The van der Waals surface area contributed by atoms with Gasteiger partial charge in [-0.05, 0) is 25.1 Å². The zero-order chi connectivity index (χ0) is 25.4. The van der Waals surface area contributed by atoms with Gasteiger partial charge in [0.15, 0.2) is 5.52 Å². The molecule has 3 aromatic heterocycles. The van der Waals surface area contributed by atoms with Gasteiger partial charge in [-0.2, -0.15) is 5.10 Å². The van der Waals surface area contributed by atoms with E-state index in [2.05, 4.69) is 15.1 Å². The van der Waals surface area contributed by atoms with E-state index in [1.807, 2.05) is 11.1 Å². The highest BCUT2D eigenvalue weighted by atomic mass is 35.5. The molecule has 188 valence electrons. The first-order valence-electron chi connectivity index (χ1n) is 11.4. The number of benzene rings is 1. The molecule has 1 fully saturated rings. The number of morpholine rings is 1. The molecule has 1 aromatic carbocycles. The summed E-state index contributed by atoms with van der Waals surface area (Å²) >= 11 is 5.97. The van der Waals surface area contributed by atoms with Crippen molar-refractivity contribution in [3.63, 3.8) is 0 Å². The van der Waals surface area contributed by atoms with Crippen LogP contribution in [-0.2, 0) is 23.1 Å². The number of methoxy groups -OCH3 is 1. The van der Waals surface area contributed by atoms with Gasteiger partial charge in [0, 0.05) is 43.0 Å². The largest absolute Gasteiger partial charge is 0.383 e. The van der Waals surface area contributed by atoms with Gasteiger partial charge in [-0.3, -0.25) is 14.0 Å². The minimum Gasteiger partial charge on any atom is -0.383 e. The van der Waals surface area contributed by atoms with Crippen molar-refractivity contribution in [2.45, 2.75) is 19.6 Å². The second-order valence-corrected chi connectivity index (χ2v) is 8.99. The molecule has 1 aliphatic rings. The number of rotatable bonds is 6. The van der Waals surface area contributed by atoms with Crippen LogP contribution in [0.25, 0.3) is 22.3 Å². The van der Waals surface area contributed by atoms with E-state index in [4.69, 9.17) is 26.1 Å². The van der Waals surface area contributed by atoms with Crippen LogP contribution in [0.15, 0.2) is 35.4 Å². The molecule has 0 N–H and O–H groups in total. The Morgan fingerprint density at radius 1 is 1.25 bits per heavy atom. The number of halogens is 2. The van der Waals surface area contributed by atoms with Gasteiger partial charge in [-0.1, -0.05) is 11.6 Å². The third kappa shape index (κ3) is 4.57. The second-order valence-electron chi connectivity index (χ2n) is 8.55. The van der Waals surface area contributed by atoms with Gasteiger partial charge in [0.1, 0.15) is 29.0 Å². The van der Waals surface area contributed by atoms with E-state index in [9.17, 15) is 9.18 Å². The zero-order valence-corrected chi connectivity index (χ0v) is 20.9. The van der Waals surface area contributed by atoms with Gasteiger partial charge in [0.25, 0.3) is 5.56 Å². The highest BCUT2D eigenvalue weighted by molar-refractivity contribution is 6.30. The summed E-state index contributed by atoms with van der Waals surface area (Å²) in [7, 11) is 3.27. The summed E-state index contributed by atoms with van der Waals surface area (Å²) < 4.78 is 29.3. The maximum atomic E-state index is 15.0. The third-order valence-electron chi connectivity index (χ3n) is 6.22. The van der Waals surface area contributed by atoms with Crippen molar-refractivity contribution >= 4 is 28.6 Å². The summed E-state index contributed by atoms with van der Waals surface area (Å²) in [6.45, 7) is 4.24. The fourth-order valence-corrected chi connectivity index (χ4v) is 4.30. The van der Waals surface area contributed by atoms with Crippen molar-refractivity contribution in [2.75, 3.05) is 38.3 Å². The summed E-state index contributed by atoms with van der Waals surface area (Å²) in [6.07, 6.45) is 3.41. The first kappa shape index (κ1) is 24.3. The average Bonchev–Trinajstić information content (AvgIpc) is 3.35. The van der Waals surface area contributed by atoms with Crippen LogP contribution < -0.4 is 10.5 Å². The van der Waals surface area contributed by atoms with Crippen LogP contribution in [0.1, 0.15) is 17.5 Å². The van der Waals surface area contributed by atoms with Gasteiger partial charge < -0.3 is 14.4 Å². The van der Waals surface area contributed by atoms with Crippen LogP contribution in [0.2, 0.25) is 5.02 Å². The normalized spacial score (nSPS) is 16.1. The number of hydrogen-bond acceptors (Lipinski definition) is 8. The predicted octanol–water partition coefficient (Wildman–Crippen LogP) is 2.91. The molecule has 1 atom stereocenters. The lowest BCUT2D eigenvalue weighted by atomic mass is 10.1. The lowest BCUT2D eigenvalue weighted by Gasteiger charge is -2.32. The molecule has 12 heteroatoms. The molecule has 36 heavy (non-hydrogen) atoms. The lowest BCUT2D eigenvalue weighted by molar-refractivity contribution is 0.0391. The van der Waals surface area contributed by atoms with Crippen LogP contribution in [0.4, 0.5) is 10.3 Å². The van der Waals surface area contributed by atoms with E-state index in [1.54, 1.807) is 38.0 Å². The Hall–Kier alpha value is -3.41. The Morgan fingerprint density at radius 3 is 2.86 bits per heavy atom. The Kier molecular flexibility index (Phi) is 6.69. The quantitative estimate of drug-likeness (QED) is 0.388. The summed E-state index contributed by atoms with van der Waals surface area (Å²) in [4.78, 5) is 28.9. The minimum atomic E-state index is -0.558. The molecule has 0 aliphatic carbocycles. The summed E-state index contributed by atoms with van der Waals surface area (Å²) in [6, 6.07) is 4.33. The van der Waals surface area contributed by atoms with Crippen molar-refractivity contribution < 1.29 is 13.9 Å². The van der Waals surface area contributed by atoms with E-state index in [0.29, 0.717) is 44.6 Å². The molecule has 1 aliphatic heterocycles. The third-order valence-corrected chi connectivity index (χ3v) is 6.46. The molecule has 1 saturated heterocycles. The van der Waals surface area contributed by atoms with E-state index < -0.39 is 5.82 Å². The van der Waals surface area contributed by atoms with E-state index in [1.165, 1.54) is 16.7 Å². The standard InChI is InChI=1S/C24H25ClFN7O3/c1-14-28-21-20(17-5-4-16(25)10-18(17)26)29-24(30-22(21)23(34)31(14)2)32-6-9-36-19(13-32)15-11-27-33(12-15)7-8-35-3/h4-5,10-12,19H,6-9,13H2,1-3H3. The monoisotopic (exact) mass is 513 g/mol. The first-order valence-corrected chi connectivity index (χ1v) is 11.8. The molecule has 0 radical (unpaired) electrons. The SMILES string of the molecule is COCCn1cc(C2CN(c3nc(-c4ccc(Cl)cc4F)c4nc(C)n(C)c(=O)c4n3)CCO2)cn1. The number of hydrogen-bond donors (Lipinski definition) is 0. The van der Waals surface area contributed by atoms with Crippen LogP contribution in [0.3, 0.4) is 0 Å². The maximum absolute atomic E-state index is 15.0. The topological polar surface area (TPSA) is 100 Å². The molecule has 0 saturated carbocycles. The van der Waals surface area contributed by atoms with Crippen molar-refractivity contribution in [2.24, 2.45) is 7.05 Å². The van der Waals surface area contributed by atoms with Gasteiger partial charge in [0.2, 0.25) is 5.95 Å². The second kappa shape index (κ2) is 9.92. The highest BCUT2D eigenvalue weighted by Crippen LogP contribution is 2.31. The summed E-state index contributed by atoms with van der Waals surface area (Å²) in [5, 5.41) is 4.63. The molecule has 4 aromatic rings. The van der Waals surface area contributed by atoms with Crippen molar-refractivity contribution in [3.05, 3.63) is 63.2 Å². The fraction of sp³-hybridized carbons (Fsp3) is 0.375. The van der Waals surface area contributed by atoms with Gasteiger partial charge in [-0.15, -0.1) is 0 Å². The van der Waals surface area contributed by atoms with E-state index >= 15 is 0 Å². The van der Waals surface area contributed by atoms with Crippen molar-refractivity contribution in [1.29, 1.82) is 0 Å². The van der Waals surface area contributed by atoms with Crippen LogP contribution in [0.5, 0.6) is 0 Å². The molecular formula is C24H25ClFN7O3. The number of aryl methyl sites for hydroxylation is 1. The van der Waals surface area contributed by atoms with Crippen molar-refractivity contribution in [1.82, 2.24) is 29.3 Å². The Morgan fingerprint density at radius 2 is 2.08 bits per heavy atom. The number of anilines is 1. The summed E-state index contributed by atoms with van der Waals surface area (Å²) in [5.74, 6) is 0.211. The van der Waals surface area contributed by atoms with E-state index in [0.717, 1.165) is 5.56 Å². The Bertz CT molecular complexity index is 1490. The molecule has 0 spiro atoms. The molecule has 0 bridgehead atoms.